The molecule has 2 heteroatoms. The highest BCUT2D eigenvalue weighted by molar-refractivity contribution is 7.15. The molecule has 1 aromatic heterocycles. The first-order valence-electron chi connectivity index (χ1n) is 4.96. The van der Waals surface area contributed by atoms with Gasteiger partial charge in [0.2, 0.25) is 0 Å². The number of rotatable bonds is 2. The fraction of sp³-hybridized carbons (Fsp3) is 0.143. The molecule has 0 unspecified atom stereocenters. The lowest BCUT2D eigenvalue weighted by molar-refractivity contribution is 0.416. The van der Waals surface area contributed by atoms with Crippen molar-refractivity contribution in [1.29, 1.82) is 0 Å². The molecule has 2 rings (SSSR count). The zero-order chi connectivity index (χ0) is 11.5. The average Bonchev–Trinajstić information content (AvgIpc) is 2.75. The Bertz CT molecular complexity index is 546. The predicted octanol–water partition coefficient (Wildman–Crippen LogP) is 3.71. The smallest absolute Gasteiger partial charge is 0.127 e. The van der Waals surface area contributed by atoms with Gasteiger partial charge in [0.25, 0.3) is 0 Å². The van der Waals surface area contributed by atoms with Crippen molar-refractivity contribution in [2.45, 2.75) is 6.92 Å². The van der Waals surface area contributed by atoms with Crippen LogP contribution in [0.2, 0.25) is 0 Å². The van der Waals surface area contributed by atoms with Crippen LogP contribution in [0, 0.1) is 19.3 Å². The van der Waals surface area contributed by atoms with Crippen molar-refractivity contribution in [2.24, 2.45) is 0 Å². The topological polar surface area (TPSA) is 9.23 Å². The van der Waals surface area contributed by atoms with Crippen LogP contribution < -0.4 is 4.74 Å². The van der Waals surface area contributed by atoms with E-state index in [0.717, 1.165) is 16.9 Å². The largest absolute Gasteiger partial charge is 0.496 e. The number of hydrogen-bond donors (Lipinski definition) is 0. The van der Waals surface area contributed by atoms with Crippen molar-refractivity contribution in [3.63, 3.8) is 0 Å². The zero-order valence-electron chi connectivity index (χ0n) is 9.28. The summed E-state index contributed by atoms with van der Waals surface area (Å²) in [7, 11) is 1.68. The number of thiophene rings is 1. The maximum Gasteiger partial charge on any atom is 0.127 e. The molecule has 0 aliphatic carbocycles. The molecule has 0 aliphatic rings. The molecule has 0 amide bonds. The van der Waals surface area contributed by atoms with Crippen molar-refractivity contribution in [3.8, 4) is 28.5 Å². The first-order chi connectivity index (χ1) is 7.74. The van der Waals surface area contributed by atoms with Gasteiger partial charge in [-0.25, -0.2) is 0 Å². The summed E-state index contributed by atoms with van der Waals surface area (Å²) in [6.07, 6.45) is 5.41. The van der Waals surface area contributed by atoms with E-state index in [2.05, 4.69) is 25.0 Å². The third kappa shape index (κ3) is 1.95. The van der Waals surface area contributed by atoms with E-state index < -0.39 is 0 Å². The van der Waals surface area contributed by atoms with E-state index in [1.54, 1.807) is 18.4 Å². The molecule has 2 aromatic rings. The zero-order valence-corrected chi connectivity index (χ0v) is 10.1. The molecule has 0 fully saturated rings. The lowest BCUT2D eigenvalue weighted by Gasteiger charge is -2.07. The second kappa shape index (κ2) is 4.42. The standard InChI is InChI=1S/C14H12OS/c1-4-11-6-7-13(15-3)12(9-11)14-8-5-10(2)16-14/h1,5-9H,2-3H3. The third-order valence-electron chi connectivity index (χ3n) is 2.37. The first kappa shape index (κ1) is 10.8. The Balaban J connectivity index is 2.57. The molecule has 0 saturated heterocycles. The van der Waals surface area contributed by atoms with Crippen molar-refractivity contribution < 1.29 is 4.74 Å². The van der Waals surface area contributed by atoms with E-state index in [1.165, 1.54) is 9.75 Å². The molecule has 0 aliphatic heterocycles. The predicted molar refractivity (Wildman–Crippen MR) is 69.0 cm³/mol. The van der Waals surface area contributed by atoms with Gasteiger partial charge in [0.1, 0.15) is 5.75 Å². The van der Waals surface area contributed by atoms with Gasteiger partial charge in [0.05, 0.1) is 7.11 Å². The Morgan fingerprint density at radius 3 is 2.62 bits per heavy atom. The van der Waals surface area contributed by atoms with Crippen LogP contribution in [0.5, 0.6) is 5.75 Å². The lowest BCUT2D eigenvalue weighted by Crippen LogP contribution is -1.87. The van der Waals surface area contributed by atoms with Gasteiger partial charge in [0.15, 0.2) is 0 Å². The molecule has 16 heavy (non-hydrogen) atoms. The summed E-state index contributed by atoms with van der Waals surface area (Å²) in [5, 5.41) is 0. The van der Waals surface area contributed by atoms with Crippen LogP contribution in [0.1, 0.15) is 10.4 Å². The summed E-state index contributed by atoms with van der Waals surface area (Å²) in [5.41, 5.74) is 1.94. The van der Waals surface area contributed by atoms with Crippen LogP contribution in [0.15, 0.2) is 30.3 Å². The molecule has 0 bridgehead atoms. The first-order valence-corrected chi connectivity index (χ1v) is 5.77. The Labute approximate surface area is 99.7 Å². The van der Waals surface area contributed by atoms with Gasteiger partial charge in [-0.15, -0.1) is 17.8 Å². The number of ether oxygens (including phenoxy) is 1. The fourth-order valence-corrected chi connectivity index (χ4v) is 2.46. The maximum atomic E-state index is 5.41. The van der Waals surface area contributed by atoms with E-state index >= 15 is 0 Å². The van der Waals surface area contributed by atoms with Crippen LogP contribution >= 0.6 is 11.3 Å². The van der Waals surface area contributed by atoms with Crippen molar-refractivity contribution in [2.75, 3.05) is 7.11 Å². The minimum atomic E-state index is 0.862. The Hall–Kier alpha value is -1.72. The summed E-state index contributed by atoms with van der Waals surface area (Å²) in [5.74, 6) is 3.51. The molecule has 0 spiro atoms. The van der Waals surface area contributed by atoms with Gasteiger partial charge < -0.3 is 4.74 Å². The van der Waals surface area contributed by atoms with Gasteiger partial charge in [-0.05, 0) is 37.3 Å². The average molecular weight is 228 g/mol. The number of methoxy groups -OCH3 is 1. The van der Waals surface area contributed by atoms with E-state index in [4.69, 9.17) is 11.2 Å². The Morgan fingerprint density at radius 2 is 2.06 bits per heavy atom. The molecule has 0 saturated carbocycles. The number of terminal acetylenes is 1. The van der Waals surface area contributed by atoms with Crippen molar-refractivity contribution >= 4 is 11.3 Å². The van der Waals surface area contributed by atoms with E-state index in [1.807, 2.05) is 18.2 Å². The van der Waals surface area contributed by atoms with Crippen molar-refractivity contribution in [1.82, 2.24) is 0 Å². The van der Waals surface area contributed by atoms with Gasteiger partial charge >= 0.3 is 0 Å². The molecule has 0 N–H and O–H groups in total. The summed E-state index contributed by atoms with van der Waals surface area (Å²) >= 11 is 1.74. The summed E-state index contributed by atoms with van der Waals surface area (Å²) < 4.78 is 5.35. The van der Waals surface area contributed by atoms with Crippen LogP contribution in [0.3, 0.4) is 0 Å². The summed E-state index contributed by atoms with van der Waals surface area (Å²) in [6, 6.07) is 9.99. The Morgan fingerprint density at radius 1 is 1.25 bits per heavy atom. The maximum absolute atomic E-state index is 5.41. The summed E-state index contributed by atoms with van der Waals surface area (Å²) in [6.45, 7) is 2.09. The molecule has 0 atom stereocenters. The van der Waals surface area contributed by atoms with E-state index in [9.17, 15) is 0 Å². The lowest BCUT2D eigenvalue weighted by atomic mass is 10.1. The highest BCUT2D eigenvalue weighted by atomic mass is 32.1. The monoisotopic (exact) mass is 228 g/mol. The second-order valence-electron chi connectivity index (χ2n) is 3.47. The van der Waals surface area contributed by atoms with Gasteiger partial charge in [0, 0.05) is 20.9 Å². The number of benzene rings is 1. The Kier molecular flexibility index (Phi) is 2.98. The molecule has 1 heterocycles. The fourth-order valence-electron chi connectivity index (χ4n) is 1.57. The van der Waals surface area contributed by atoms with Crippen LogP contribution in [-0.4, -0.2) is 7.11 Å². The number of hydrogen-bond acceptors (Lipinski definition) is 2. The molecule has 1 aromatic carbocycles. The van der Waals surface area contributed by atoms with Crippen molar-refractivity contribution in [3.05, 3.63) is 40.8 Å². The molecule has 80 valence electrons. The van der Waals surface area contributed by atoms with Crippen LogP contribution in [0.25, 0.3) is 10.4 Å². The van der Waals surface area contributed by atoms with Crippen LogP contribution in [-0.2, 0) is 0 Å². The third-order valence-corrected chi connectivity index (χ3v) is 3.41. The molecular formula is C14H12OS. The van der Waals surface area contributed by atoms with Gasteiger partial charge in [-0.1, -0.05) is 5.92 Å². The highest BCUT2D eigenvalue weighted by Crippen LogP contribution is 2.35. The van der Waals surface area contributed by atoms with E-state index in [0.29, 0.717) is 0 Å². The second-order valence-corrected chi connectivity index (χ2v) is 4.76. The summed E-state index contributed by atoms with van der Waals surface area (Å²) in [4.78, 5) is 2.47. The van der Waals surface area contributed by atoms with Gasteiger partial charge in [-0.3, -0.25) is 0 Å². The molecular weight excluding hydrogens is 216 g/mol. The quantitative estimate of drug-likeness (QED) is 0.712. The normalized spacial score (nSPS) is 9.81. The molecule has 0 radical (unpaired) electrons. The number of aryl methyl sites for hydroxylation is 1. The molecule has 1 nitrogen and oxygen atoms in total. The highest BCUT2D eigenvalue weighted by Gasteiger charge is 2.08. The minimum Gasteiger partial charge on any atom is -0.496 e. The van der Waals surface area contributed by atoms with E-state index in [-0.39, 0.29) is 0 Å². The minimum absolute atomic E-state index is 0.862. The van der Waals surface area contributed by atoms with Gasteiger partial charge in [-0.2, -0.15) is 0 Å². The van der Waals surface area contributed by atoms with Crippen LogP contribution in [0.4, 0.5) is 0 Å². The SMILES string of the molecule is C#Cc1ccc(OC)c(-c2ccc(C)s2)c1.